The van der Waals surface area contributed by atoms with Crippen molar-refractivity contribution in [2.45, 2.75) is 32.2 Å². The van der Waals surface area contributed by atoms with Gasteiger partial charge in [-0.05, 0) is 87.9 Å². The first-order valence-electron chi connectivity index (χ1n) is 6.38. The number of rotatable bonds is 6. The molecule has 1 aromatic heterocycles. The van der Waals surface area contributed by atoms with E-state index in [2.05, 4.69) is 37.2 Å². The second-order valence-electron chi connectivity index (χ2n) is 5.30. The van der Waals surface area contributed by atoms with Gasteiger partial charge in [-0.3, -0.25) is 0 Å². The molecule has 0 aromatic carbocycles. The third-order valence-corrected chi connectivity index (χ3v) is 5.54. The highest BCUT2D eigenvalue weighted by Gasteiger charge is 2.40. The van der Waals surface area contributed by atoms with Crippen molar-refractivity contribution in [2.24, 2.45) is 17.8 Å². The summed E-state index contributed by atoms with van der Waals surface area (Å²) in [4.78, 5) is 0. The van der Waals surface area contributed by atoms with Crippen molar-refractivity contribution in [3.05, 3.63) is 21.0 Å². The van der Waals surface area contributed by atoms with Crippen molar-refractivity contribution in [2.75, 3.05) is 6.54 Å². The molecule has 2 aliphatic carbocycles. The molecule has 0 unspecified atom stereocenters. The lowest BCUT2D eigenvalue weighted by atomic mass is 9.98. The third-order valence-electron chi connectivity index (χ3n) is 3.83. The molecule has 0 atom stereocenters. The Bertz CT molecular complexity index is 365. The van der Waals surface area contributed by atoms with Gasteiger partial charge in [0.25, 0.3) is 0 Å². The summed E-state index contributed by atoms with van der Waals surface area (Å²) < 4.78 is 7.34. The molecule has 94 valence electrons. The van der Waals surface area contributed by atoms with Crippen LogP contribution < -0.4 is 5.32 Å². The van der Waals surface area contributed by atoms with Gasteiger partial charge in [-0.15, -0.1) is 0 Å². The highest BCUT2D eigenvalue weighted by atomic mass is 79.9. The van der Waals surface area contributed by atoms with Gasteiger partial charge in [0.2, 0.25) is 0 Å². The summed E-state index contributed by atoms with van der Waals surface area (Å²) in [6, 6.07) is 2.03. The summed E-state index contributed by atoms with van der Waals surface area (Å²) in [7, 11) is 0. The van der Waals surface area contributed by atoms with Gasteiger partial charge in [0.05, 0.1) is 11.0 Å². The van der Waals surface area contributed by atoms with E-state index >= 15 is 0 Å². The minimum atomic E-state index is 0.787. The van der Waals surface area contributed by atoms with Crippen molar-refractivity contribution >= 4 is 31.9 Å². The first-order chi connectivity index (χ1) is 8.24. The fourth-order valence-corrected chi connectivity index (χ4v) is 3.27. The molecule has 1 heterocycles. The monoisotopic (exact) mass is 361 g/mol. The molecule has 4 heteroatoms. The molecule has 0 radical (unpaired) electrons. The molecule has 0 saturated heterocycles. The van der Waals surface area contributed by atoms with Gasteiger partial charge in [0, 0.05) is 0 Å². The van der Waals surface area contributed by atoms with Crippen LogP contribution in [0.2, 0.25) is 0 Å². The molecule has 2 nitrogen and oxygen atoms in total. The minimum absolute atomic E-state index is 0.787. The van der Waals surface area contributed by atoms with Crippen molar-refractivity contribution in [1.29, 1.82) is 0 Å². The molecule has 0 bridgehead atoms. The summed E-state index contributed by atoms with van der Waals surface area (Å²) in [6.07, 6.45) is 5.84. The van der Waals surface area contributed by atoms with Crippen LogP contribution in [0.5, 0.6) is 0 Å². The van der Waals surface area contributed by atoms with Crippen molar-refractivity contribution in [3.63, 3.8) is 0 Å². The molecule has 3 rings (SSSR count). The Kier molecular flexibility index (Phi) is 3.64. The van der Waals surface area contributed by atoms with Crippen LogP contribution >= 0.6 is 31.9 Å². The summed E-state index contributed by atoms with van der Waals surface area (Å²) in [5.41, 5.74) is 0. The Morgan fingerprint density at radius 1 is 1.24 bits per heavy atom. The second kappa shape index (κ2) is 5.06. The Balaban J connectivity index is 1.47. The maximum absolute atomic E-state index is 5.56. The maximum atomic E-state index is 5.56. The van der Waals surface area contributed by atoms with Gasteiger partial charge in [-0.25, -0.2) is 0 Å². The predicted molar refractivity (Wildman–Crippen MR) is 74.8 cm³/mol. The van der Waals surface area contributed by atoms with E-state index in [1.165, 1.54) is 25.7 Å². The zero-order chi connectivity index (χ0) is 11.8. The summed E-state index contributed by atoms with van der Waals surface area (Å²) in [6.45, 7) is 1.99. The van der Waals surface area contributed by atoms with Crippen molar-refractivity contribution < 1.29 is 4.42 Å². The number of nitrogens with one attached hydrogen (secondary N) is 1. The lowest BCUT2D eigenvalue weighted by molar-refractivity contribution is 0.366. The SMILES string of the molecule is Brc1cc(CNCC(C2CC2)C2CC2)oc1Br. The Hall–Kier alpha value is 0.200. The molecule has 17 heavy (non-hydrogen) atoms. The first kappa shape index (κ1) is 12.2. The third kappa shape index (κ3) is 3.15. The zero-order valence-corrected chi connectivity index (χ0v) is 12.9. The smallest absolute Gasteiger partial charge is 0.183 e. The summed E-state index contributed by atoms with van der Waals surface area (Å²) in [5.74, 6) is 3.96. The second-order valence-corrected chi connectivity index (χ2v) is 6.88. The summed E-state index contributed by atoms with van der Waals surface area (Å²) >= 11 is 6.80. The lowest BCUT2D eigenvalue weighted by Gasteiger charge is -2.15. The van der Waals surface area contributed by atoms with Crippen molar-refractivity contribution in [1.82, 2.24) is 5.32 Å². The van der Waals surface area contributed by atoms with E-state index in [1.54, 1.807) is 0 Å². The van der Waals surface area contributed by atoms with Crippen LogP contribution in [-0.2, 0) is 6.54 Å². The van der Waals surface area contributed by atoms with E-state index in [4.69, 9.17) is 4.42 Å². The zero-order valence-electron chi connectivity index (χ0n) is 9.72. The number of hydrogen-bond donors (Lipinski definition) is 1. The average molecular weight is 363 g/mol. The van der Waals surface area contributed by atoms with E-state index in [0.717, 1.165) is 45.7 Å². The Morgan fingerprint density at radius 2 is 1.88 bits per heavy atom. The normalized spacial score (nSPS) is 20.2. The lowest BCUT2D eigenvalue weighted by Crippen LogP contribution is -2.25. The highest BCUT2D eigenvalue weighted by molar-refractivity contribution is 9.13. The standard InChI is InChI=1S/C13H17Br2NO/c14-12-5-10(17-13(12)15)6-16-7-11(8-1-2-8)9-3-4-9/h5,8-9,11,16H,1-4,6-7H2. The maximum Gasteiger partial charge on any atom is 0.183 e. The van der Waals surface area contributed by atoms with Crippen LogP contribution in [0, 0.1) is 17.8 Å². The van der Waals surface area contributed by atoms with Gasteiger partial charge in [-0.2, -0.15) is 0 Å². The molecule has 2 fully saturated rings. The molecule has 0 spiro atoms. The number of furan rings is 1. The number of halogens is 2. The predicted octanol–water partition coefficient (Wildman–Crippen LogP) is 4.33. The Labute approximate surface area is 119 Å². The number of hydrogen-bond acceptors (Lipinski definition) is 2. The molecular formula is C13H17Br2NO. The molecule has 0 aliphatic heterocycles. The first-order valence-corrected chi connectivity index (χ1v) is 7.97. The van der Waals surface area contributed by atoms with Crippen LogP contribution in [0.25, 0.3) is 0 Å². The molecule has 2 saturated carbocycles. The van der Waals surface area contributed by atoms with Crippen molar-refractivity contribution in [3.8, 4) is 0 Å². The van der Waals surface area contributed by atoms with Crippen LogP contribution in [0.15, 0.2) is 19.6 Å². The van der Waals surface area contributed by atoms with E-state index in [0.29, 0.717) is 0 Å². The fraction of sp³-hybridized carbons (Fsp3) is 0.692. The van der Waals surface area contributed by atoms with Crippen LogP contribution in [0.1, 0.15) is 31.4 Å². The van der Waals surface area contributed by atoms with E-state index in [-0.39, 0.29) is 0 Å². The Morgan fingerprint density at radius 3 is 2.35 bits per heavy atom. The van der Waals surface area contributed by atoms with Gasteiger partial charge in [0.15, 0.2) is 4.67 Å². The van der Waals surface area contributed by atoms with Crippen LogP contribution in [-0.4, -0.2) is 6.54 Å². The van der Waals surface area contributed by atoms with Crippen LogP contribution in [0.3, 0.4) is 0 Å². The van der Waals surface area contributed by atoms with Gasteiger partial charge in [-0.1, -0.05) is 0 Å². The molecule has 1 N–H and O–H groups in total. The topological polar surface area (TPSA) is 25.2 Å². The largest absolute Gasteiger partial charge is 0.452 e. The van der Waals surface area contributed by atoms with Gasteiger partial charge < -0.3 is 9.73 Å². The van der Waals surface area contributed by atoms with Gasteiger partial charge >= 0.3 is 0 Å². The van der Waals surface area contributed by atoms with Crippen LogP contribution in [0.4, 0.5) is 0 Å². The molecule has 1 aromatic rings. The quantitative estimate of drug-likeness (QED) is 0.814. The molecular weight excluding hydrogens is 346 g/mol. The highest BCUT2D eigenvalue weighted by Crippen LogP contribution is 2.48. The van der Waals surface area contributed by atoms with E-state index in [1.807, 2.05) is 6.07 Å². The minimum Gasteiger partial charge on any atom is -0.452 e. The molecule has 0 amide bonds. The molecule has 2 aliphatic rings. The van der Waals surface area contributed by atoms with E-state index in [9.17, 15) is 0 Å². The fourth-order valence-electron chi connectivity index (χ4n) is 2.61. The van der Waals surface area contributed by atoms with E-state index < -0.39 is 0 Å². The van der Waals surface area contributed by atoms with Gasteiger partial charge in [0.1, 0.15) is 5.76 Å². The average Bonchev–Trinajstić information content (AvgIpc) is 3.16. The summed E-state index contributed by atoms with van der Waals surface area (Å²) in [5, 5.41) is 3.55.